The highest BCUT2D eigenvalue weighted by Crippen LogP contribution is 2.34. The van der Waals surface area contributed by atoms with Crippen molar-refractivity contribution in [1.29, 1.82) is 0 Å². The summed E-state index contributed by atoms with van der Waals surface area (Å²) in [6.45, 7) is 12.3. The lowest BCUT2D eigenvalue weighted by Gasteiger charge is -2.34. The van der Waals surface area contributed by atoms with Crippen molar-refractivity contribution in [3.8, 4) is 17.5 Å². The van der Waals surface area contributed by atoms with Gasteiger partial charge in [0, 0.05) is 44.5 Å². The molecule has 210 valence electrons. The number of fused-ring (bicyclic) bond motifs is 1. The zero-order valence-corrected chi connectivity index (χ0v) is 24.2. The highest BCUT2D eigenvalue weighted by molar-refractivity contribution is 7.89. The second-order valence-corrected chi connectivity index (χ2v) is 12.7. The smallest absolute Gasteiger partial charge is 0.322 e. The molecule has 0 saturated carbocycles. The van der Waals surface area contributed by atoms with Crippen LogP contribution in [0.15, 0.2) is 47.4 Å². The second kappa shape index (κ2) is 10.8. The molecule has 1 fully saturated rings. The van der Waals surface area contributed by atoms with Crippen molar-refractivity contribution in [2.75, 3.05) is 38.1 Å². The Morgan fingerprint density at radius 1 is 1.10 bits per heavy atom. The summed E-state index contributed by atoms with van der Waals surface area (Å²) in [4.78, 5) is 4.86. The largest absolute Gasteiger partial charge is 0.488 e. The van der Waals surface area contributed by atoms with Gasteiger partial charge in [-0.25, -0.2) is 13.1 Å². The minimum atomic E-state index is -3.80. The lowest BCUT2D eigenvalue weighted by molar-refractivity contribution is 0.0845. The zero-order valence-electron chi connectivity index (χ0n) is 23.3. The van der Waals surface area contributed by atoms with Gasteiger partial charge in [0.2, 0.25) is 10.0 Å². The Labute approximate surface area is 231 Å². The van der Waals surface area contributed by atoms with Gasteiger partial charge in [0.15, 0.2) is 5.82 Å². The maximum Gasteiger partial charge on any atom is 0.322 e. The molecule has 1 atom stereocenters. The predicted octanol–water partition coefficient (Wildman–Crippen LogP) is 3.99. The van der Waals surface area contributed by atoms with Crippen molar-refractivity contribution in [1.82, 2.24) is 24.4 Å². The molecule has 11 heteroatoms. The van der Waals surface area contributed by atoms with E-state index in [1.165, 1.54) is 0 Å². The number of likely N-dealkylation sites (N-methyl/N-ethyl adjacent to an activating group) is 1. The summed E-state index contributed by atoms with van der Waals surface area (Å²) in [7, 11) is -1.67. The number of piperazine rings is 1. The topological polar surface area (TPSA) is 102 Å². The number of nitrogens with one attached hydrogen (secondary N) is 1. The molecular weight excluding hydrogens is 516 g/mol. The van der Waals surface area contributed by atoms with E-state index in [0.717, 1.165) is 56.0 Å². The monoisotopic (exact) mass is 554 g/mol. The molecule has 0 amide bonds. The average molecular weight is 555 g/mol. The number of aryl methyl sites for hydroxylation is 1. The number of benzene rings is 2. The van der Waals surface area contributed by atoms with E-state index in [4.69, 9.17) is 9.47 Å². The summed E-state index contributed by atoms with van der Waals surface area (Å²) in [6.07, 6.45) is 1.59. The van der Waals surface area contributed by atoms with Crippen LogP contribution in [0.3, 0.4) is 0 Å². The molecule has 10 nitrogen and oxygen atoms in total. The van der Waals surface area contributed by atoms with Crippen LogP contribution < -0.4 is 19.1 Å². The molecule has 1 saturated heterocycles. The summed E-state index contributed by atoms with van der Waals surface area (Å²) in [5, 5.41) is 8.54. The van der Waals surface area contributed by atoms with E-state index in [-0.39, 0.29) is 10.5 Å². The fourth-order valence-electron chi connectivity index (χ4n) is 5.06. The van der Waals surface area contributed by atoms with Crippen molar-refractivity contribution in [3.05, 3.63) is 53.9 Å². The number of sulfonamides is 1. The first-order chi connectivity index (χ1) is 18.5. The van der Waals surface area contributed by atoms with Crippen molar-refractivity contribution >= 4 is 15.7 Å². The molecule has 2 aliphatic rings. The zero-order chi connectivity index (χ0) is 27.8. The second-order valence-electron chi connectivity index (χ2n) is 10.9. The van der Waals surface area contributed by atoms with Crippen molar-refractivity contribution < 1.29 is 17.9 Å². The quantitative estimate of drug-likeness (QED) is 0.446. The lowest BCUT2D eigenvalue weighted by atomic mass is 9.94. The summed E-state index contributed by atoms with van der Waals surface area (Å²) in [5.74, 6) is 1.88. The normalized spacial score (nSPS) is 18.3. The minimum absolute atomic E-state index is 0.205. The molecule has 0 radical (unpaired) electrons. The van der Waals surface area contributed by atoms with Crippen LogP contribution in [0.25, 0.3) is 0 Å². The molecular formula is C28H38N6O4S. The molecule has 2 aromatic carbocycles. The first kappa shape index (κ1) is 27.4. The van der Waals surface area contributed by atoms with Gasteiger partial charge in [0.1, 0.15) is 17.1 Å². The molecule has 39 heavy (non-hydrogen) atoms. The maximum atomic E-state index is 13.3. The van der Waals surface area contributed by atoms with E-state index in [2.05, 4.69) is 37.8 Å². The molecule has 0 bridgehead atoms. The molecule has 3 aromatic rings. The Kier molecular flexibility index (Phi) is 7.58. The molecule has 0 spiro atoms. The Morgan fingerprint density at radius 3 is 2.62 bits per heavy atom. The summed E-state index contributed by atoms with van der Waals surface area (Å²) >= 11 is 0. The van der Waals surface area contributed by atoms with E-state index in [0.29, 0.717) is 24.1 Å². The summed E-state index contributed by atoms with van der Waals surface area (Å²) in [5.41, 5.74) is 1.75. The number of hydrogen-bond donors (Lipinski definition) is 1. The molecule has 1 N–H and O–H groups in total. The molecule has 5 rings (SSSR count). The highest BCUT2D eigenvalue weighted by Gasteiger charge is 2.29. The number of nitrogens with zero attached hydrogens (tertiary/aromatic N) is 5. The van der Waals surface area contributed by atoms with Gasteiger partial charge >= 0.3 is 6.01 Å². The van der Waals surface area contributed by atoms with E-state index in [1.807, 2.05) is 39.0 Å². The van der Waals surface area contributed by atoms with E-state index < -0.39 is 16.1 Å². The van der Waals surface area contributed by atoms with Crippen LogP contribution in [-0.4, -0.2) is 66.9 Å². The number of ether oxygens (including phenoxy) is 2. The van der Waals surface area contributed by atoms with Gasteiger partial charge in [-0.05, 0) is 83.5 Å². The van der Waals surface area contributed by atoms with E-state index >= 15 is 0 Å². The van der Waals surface area contributed by atoms with Crippen molar-refractivity contribution in [3.63, 3.8) is 0 Å². The molecule has 0 unspecified atom stereocenters. The fourth-order valence-corrected chi connectivity index (χ4v) is 6.31. The minimum Gasteiger partial charge on any atom is -0.488 e. The molecule has 1 aromatic heterocycles. The van der Waals surface area contributed by atoms with Gasteiger partial charge in [0.05, 0.1) is 10.9 Å². The number of anilines is 1. The Morgan fingerprint density at radius 2 is 1.87 bits per heavy atom. The average Bonchev–Trinajstić information content (AvgIpc) is 3.30. The third kappa shape index (κ3) is 6.05. The number of rotatable bonds is 8. The maximum absolute atomic E-state index is 13.3. The van der Waals surface area contributed by atoms with Gasteiger partial charge in [-0.3, -0.25) is 4.57 Å². The summed E-state index contributed by atoms with van der Waals surface area (Å²) < 4.78 is 43.3. The standard InChI is InChI=1S/C28H38N6O4S/c1-6-34-26(20(2)31-39(35,36)24-10-11-25-21(18-24)12-13-28(3,4)38-25)29-30-27(34)37-23-9-7-8-22(19-23)33-16-14-32(5)15-17-33/h7-11,18-20,31H,6,12-17H2,1-5H3/t20-/m1/s1. The van der Waals surface area contributed by atoms with Crippen LogP contribution >= 0.6 is 0 Å². The SMILES string of the molecule is CCn1c(Oc2cccc(N3CCN(C)CC3)c2)nnc1[C@@H](C)NS(=O)(=O)c1ccc2c(c1)CCC(C)(C)O2. The third-order valence-corrected chi connectivity index (χ3v) is 8.94. The van der Waals surface area contributed by atoms with E-state index in [9.17, 15) is 8.42 Å². The molecule has 2 aliphatic heterocycles. The van der Waals surface area contributed by atoms with Crippen LogP contribution in [0.5, 0.6) is 17.5 Å². The van der Waals surface area contributed by atoms with Crippen LogP contribution in [0, 0.1) is 0 Å². The Bertz CT molecular complexity index is 1430. The van der Waals surface area contributed by atoms with Crippen molar-refractivity contribution in [2.24, 2.45) is 0 Å². The van der Waals surface area contributed by atoms with Gasteiger partial charge in [-0.2, -0.15) is 0 Å². The third-order valence-electron chi connectivity index (χ3n) is 7.40. The Balaban J connectivity index is 1.31. The van der Waals surface area contributed by atoms with Gasteiger partial charge in [-0.15, -0.1) is 5.10 Å². The molecule has 0 aliphatic carbocycles. The van der Waals surface area contributed by atoms with Crippen LogP contribution in [-0.2, 0) is 23.0 Å². The predicted molar refractivity (Wildman–Crippen MR) is 150 cm³/mol. The Hall–Kier alpha value is -3.15. The fraction of sp³-hybridized carbons (Fsp3) is 0.500. The first-order valence-electron chi connectivity index (χ1n) is 13.5. The summed E-state index contributed by atoms with van der Waals surface area (Å²) in [6, 6.07) is 12.7. The van der Waals surface area contributed by atoms with Crippen molar-refractivity contribution in [2.45, 2.75) is 63.6 Å². The van der Waals surface area contributed by atoms with Crippen LogP contribution in [0.2, 0.25) is 0 Å². The van der Waals surface area contributed by atoms with Gasteiger partial charge in [-0.1, -0.05) is 11.2 Å². The molecule has 3 heterocycles. The number of hydrogen-bond acceptors (Lipinski definition) is 8. The van der Waals surface area contributed by atoms with Gasteiger partial charge in [0.25, 0.3) is 0 Å². The van der Waals surface area contributed by atoms with E-state index in [1.54, 1.807) is 29.7 Å². The number of aromatic nitrogens is 3. The van der Waals surface area contributed by atoms with Crippen LogP contribution in [0.1, 0.15) is 51.5 Å². The van der Waals surface area contributed by atoms with Gasteiger partial charge < -0.3 is 19.3 Å². The first-order valence-corrected chi connectivity index (χ1v) is 15.0. The highest BCUT2D eigenvalue weighted by atomic mass is 32.2. The van der Waals surface area contributed by atoms with Crippen LogP contribution in [0.4, 0.5) is 5.69 Å². The lowest BCUT2D eigenvalue weighted by Crippen LogP contribution is -2.44.